The van der Waals surface area contributed by atoms with Crippen molar-refractivity contribution in [2.24, 2.45) is 0 Å². The maximum Gasteiger partial charge on any atom is 0.0827 e. The zero-order valence-electron chi connectivity index (χ0n) is 8.13. The van der Waals surface area contributed by atoms with Gasteiger partial charge in [-0.25, -0.2) is 0 Å². The van der Waals surface area contributed by atoms with Crippen molar-refractivity contribution in [1.29, 1.82) is 0 Å². The molecule has 2 heteroatoms. The first-order valence-electron chi connectivity index (χ1n) is 4.36. The predicted octanol–water partition coefficient (Wildman–Crippen LogP) is 1.58. The van der Waals surface area contributed by atoms with Gasteiger partial charge in [0.1, 0.15) is 0 Å². The van der Waals surface area contributed by atoms with Gasteiger partial charge in [0.15, 0.2) is 0 Å². The monoisotopic (exact) mass is 170 g/mol. The zero-order valence-corrected chi connectivity index (χ0v) is 8.13. The van der Waals surface area contributed by atoms with Gasteiger partial charge in [-0.2, -0.15) is 0 Å². The number of hydrogen-bond acceptors (Lipinski definition) is 2. The summed E-state index contributed by atoms with van der Waals surface area (Å²) in [7, 11) is 1.63. The first-order chi connectivity index (χ1) is 5.76. The highest BCUT2D eigenvalue weighted by Gasteiger charge is 2.14. The summed E-state index contributed by atoms with van der Waals surface area (Å²) in [6.45, 7) is 3.81. The quantitative estimate of drug-likeness (QED) is 0.635. The van der Waals surface area contributed by atoms with E-state index in [-0.39, 0.29) is 12.2 Å². The summed E-state index contributed by atoms with van der Waals surface area (Å²) in [5.74, 6) is 5.71. The minimum Gasteiger partial charge on any atom is -0.390 e. The van der Waals surface area contributed by atoms with Crippen molar-refractivity contribution in [3.8, 4) is 11.8 Å². The second-order valence-corrected chi connectivity index (χ2v) is 2.72. The molecular formula is C10H18O2. The van der Waals surface area contributed by atoms with Crippen molar-refractivity contribution in [2.45, 2.75) is 45.3 Å². The topological polar surface area (TPSA) is 29.5 Å². The van der Waals surface area contributed by atoms with Crippen LogP contribution < -0.4 is 0 Å². The Morgan fingerprint density at radius 1 is 1.50 bits per heavy atom. The van der Waals surface area contributed by atoms with Crippen LogP contribution in [0.3, 0.4) is 0 Å². The second kappa shape index (κ2) is 7.15. The number of rotatable bonds is 5. The van der Waals surface area contributed by atoms with Crippen LogP contribution in [0.15, 0.2) is 0 Å². The van der Waals surface area contributed by atoms with Gasteiger partial charge < -0.3 is 9.84 Å². The Balaban J connectivity index is 3.65. The molecule has 0 amide bonds. The molecule has 0 fully saturated rings. The van der Waals surface area contributed by atoms with Gasteiger partial charge in [0.05, 0.1) is 12.2 Å². The van der Waals surface area contributed by atoms with Gasteiger partial charge in [-0.15, -0.1) is 11.8 Å². The van der Waals surface area contributed by atoms with Crippen LogP contribution in [-0.2, 0) is 4.74 Å². The SMILES string of the molecule is CC#CCCC(O)C(CC)OC. The molecule has 70 valence electrons. The van der Waals surface area contributed by atoms with E-state index in [0.717, 1.165) is 12.8 Å². The van der Waals surface area contributed by atoms with Gasteiger partial charge in [-0.1, -0.05) is 6.92 Å². The highest BCUT2D eigenvalue weighted by atomic mass is 16.5. The van der Waals surface area contributed by atoms with E-state index in [0.29, 0.717) is 6.42 Å². The fourth-order valence-corrected chi connectivity index (χ4v) is 1.13. The molecule has 12 heavy (non-hydrogen) atoms. The van der Waals surface area contributed by atoms with E-state index in [1.807, 2.05) is 6.92 Å². The number of aliphatic hydroxyl groups excluding tert-OH is 1. The lowest BCUT2D eigenvalue weighted by Crippen LogP contribution is -2.26. The van der Waals surface area contributed by atoms with E-state index >= 15 is 0 Å². The van der Waals surface area contributed by atoms with E-state index in [9.17, 15) is 5.11 Å². The van der Waals surface area contributed by atoms with Crippen molar-refractivity contribution in [2.75, 3.05) is 7.11 Å². The predicted molar refractivity (Wildman–Crippen MR) is 49.8 cm³/mol. The summed E-state index contributed by atoms with van der Waals surface area (Å²) in [6.07, 6.45) is 1.88. The normalized spacial score (nSPS) is 14.7. The average molecular weight is 170 g/mol. The van der Waals surface area contributed by atoms with E-state index in [4.69, 9.17) is 4.74 Å². The molecule has 2 atom stereocenters. The first kappa shape index (κ1) is 11.5. The fraction of sp³-hybridized carbons (Fsp3) is 0.800. The van der Waals surface area contributed by atoms with Crippen LogP contribution >= 0.6 is 0 Å². The maximum absolute atomic E-state index is 9.54. The lowest BCUT2D eigenvalue weighted by atomic mass is 10.1. The van der Waals surface area contributed by atoms with Gasteiger partial charge in [0, 0.05) is 13.5 Å². The highest BCUT2D eigenvalue weighted by Crippen LogP contribution is 2.08. The Labute approximate surface area is 74.9 Å². The number of methoxy groups -OCH3 is 1. The van der Waals surface area contributed by atoms with Crippen molar-refractivity contribution >= 4 is 0 Å². The molecule has 0 bridgehead atoms. The summed E-state index contributed by atoms with van der Waals surface area (Å²) in [5.41, 5.74) is 0. The third-order valence-electron chi connectivity index (χ3n) is 1.88. The molecule has 1 N–H and O–H groups in total. The van der Waals surface area contributed by atoms with Gasteiger partial charge in [-0.05, 0) is 19.8 Å². The largest absolute Gasteiger partial charge is 0.390 e. The van der Waals surface area contributed by atoms with E-state index in [2.05, 4.69) is 11.8 Å². The van der Waals surface area contributed by atoms with E-state index in [1.54, 1.807) is 14.0 Å². The molecule has 0 aromatic carbocycles. The van der Waals surface area contributed by atoms with Crippen LogP contribution in [0.1, 0.15) is 33.1 Å². The molecule has 0 aromatic heterocycles. The van der Waals surface area contributed by atoms with Crippen molar-refractivity contribution < 1.29 is 9.84 Å². The van der Waals surface area contributed by atoms with E-state index in [1.165, 1.54) is 0 Å². The summed E-state index contributed by atoms with van der Waals surface area (Å²) >= 11 is 0. The van der Waals surface area contributed by atoms with Gasteiger partial charge in [0.25, 0.3) is 0 Å². The number of hydrogen-bond donors (Lipinski definition) is 1. The van der Waals surface area contributed by atoms with Crippen LogP contribution in [0.5, 0.6) is 0 Å². The lowest BCUT2D eigenvalue weighted by molar-refractivity contribution is -0.0164. The second-order valence-electron chi connectivity index (χ2n) is 2.72. The third kappa shape index (κ3) is 4.38. The van der Waals surface area contributed by atoms with Crippen LogP contribution in [-0.4, -0.2) is 24.4 Å². The van der Waals surface area contributed by atoms with Gasteiger partial charge in [-0.3, -0.25) is 0 Å². The van der Waals surface area contributed by atoms with Crippen LogP contribution in [0.4, 0.5) is 0 Å². The van der Waals surface area contributed by atoms with Crippen molar-refractivity contribution in [1.82, 2.24) is 0 Å². The molecule has 0 saturated carbocycles. The summed E-state index contributed by atoms with van der Waals surface area (Å²) in [4.78, 5) is 0. The highest BCUT2D eigenvalue weighted by molar-refractivity contribution is 4.95. The standard InChI is InChI=1S/C10H18O2/c1-4-6-7-8-9(11)10(5-2)12-3/h9-11H,5,7-8H2,1-3H3. The minimum atomic E-state index is -0.374. The van der Waals surface area contributed by atoms with Crippen molar-refractivity contribution in [3.05, 3.63) is 0 Å². The third-order valence-corrected chi connectivity index (χ3v) is 1.88. The van der Waals surface area contributed by atoms with E-state index < -0.39 is 0 Å². The first-order valence-corrected chi connectivity index (χ1v) is 4.36. The van der Waals surface area contributed by atoms with Gasteiger partial charge in [0.2, 0.25) is 0 Å². The number of aliphatic hydroxyl groups is 1. The molecule has 0 aromatic rings. The molecule has 0 rings (SSSR count). The average Bonchev–Trinajstić information content (AvgIpc) is 2.07. The Morgan fingerprint density at radius 2 is 2.17 bits per heavy atom. The maximum atomic E-state index is 9.54. The minimum absolute atomic E-state index is 0.0383. The zero-order chi connectivity index (χ0) is 9.40. The Bertz CT molecular complexity index is 151. The molecule has 0 aliphatic carbocycles. The van der Waals surface area contributed by atoms with Crippen LogP contribution in [0.25, 0.3) is 0 Å². The lowest BCUT2D eigenvalue weighted by Gasteiger charge is -2.18. The molecule has 0 heterocycles. The molecule has 0 radical (unpaired) electrons. The fourth-order valence-electron chi connectivity index (χ4n) is 1.13. The van der Waals surface area contributed by atoms with Crippen LogP contribution in [0, 0.1) is 11.8 Å². The summed E-state index contributed by atoms with van der Waals surface area (Å²) in [5, 5.41) is 9.54. The summed E-state index contributed by atoms with van der Waals surface area (Å²) < 4.78 is 5.09. The molecule has 0 spiro atoms. The molecular weight excluding hydrogens is 152 g/mol. The molecule has 2 unspecified atom stereocenters. The summed E-state index contributed by atoms with van der Waals surface area (Å²) in [6, 6.07) is 0. The molecule has 0 aliphatic heterocycles. The Hall–Kier alpha value is -0.520. The smallest absolute Gasteiger partial charge is 0.0827 e. The molecule has 0 saturated heterocycles. The van der Waals surface area contributed by atoms with Gasteiger partial charge >= 0.3 is 0 Å². The van der Waals surface area contributed by atoms with Crippen molar-refractivity contribution in [3.63, 3.8) is 0 Å². The molecule has 2 nitrogen and oxygen atoms in total. The van der Waals surface area contributed by atoms with Crippen LogP contribution in [0.2, 0.25) is 0 Å². The number of ether oxygens (including phenoxy) is 1. The Kier molecular flexibility index (Phi) is 6.84. The Morgan fingerprint density at radius 3 is 2.58 bits per heavy atom. The molecule has 0 aliphatic rings.